The molecule has 9 nitrogen and oxygen atoms in total. The number of amides is 3. The normalized spacial score (nSPS) is 15.9. The number of fused-ring (bicyclic) bond motifs is 1. The van der Waals surface area contributed by atoms with Crippen LogP contribution in [0.2, 0.25) is 0 Å². The number of esters is 1. The third-order valence-corrected chi connectivity index (χ3v) is 5.87. The zero-order valence-electron chi connectivity index (χ0n) is 18.1. The maximum Gasteiger partial charge on any atom is 0.337 e. The van der Waals surface area contributed by atoms with Gasteiger partial charge in [-0.25, -0.2) is 4.79 Å². The second-order valence-electron chi connectivity index (χ2n) is 7.18. The van der Waals surface area contributed by atoms with E-state index in [0.29, 0.717) is 27.5 Å². The smallest absolute Gasteiger partial charge is 0.337 e. The summed E-state index contributed by atoms with van der Waals surface area (Å²) in [6, 6.07) is 11.8. The van der Waals surface area contributed by atoms with Gasteiger partial charge in [0.2, 0.25) is 12.7 Å². The molecule has 0 unspecified atom stereocenters. The van der Waals surface area contributed by atoms with Crippen LogP contribution in [0.1, 0.15) is 21.5 Å². The van der Waals surface area contributed by atoms with Crippen molar-refractivity contribution in [2.75, 3.05) is 27.0 Å². The molecule has 2 aromatic carbocycles. The number of benzene rings is 2. The van der Waals surface area contributed by atoms with Crippen LogP contribution in [0.25, 0.3) is 12.2 Å². The van der Waals surface area contributed by atoms with Crippen molar-refractivity contribution in [3.63, 3.8) is 0 Å². The number of imide groups is 1. The van der Waals surface area contributed by atoms with Crippen molar-refractivity contribution >= 4 is 46.9 Å². The highest BCUT2D eigenvalue weighted by molar-refractivity contribution is 8.18. The minimum absolute atomic E-state index is 0.0521. The number of ether oxygens (including phenoxy) is 3. The lowest BCUT2D eigenvalue weighted by molar-refractivity contribution is -0.123. The van der Waals surface area contributed by atoms with E-state index >= 15 is 0 Å². The number of thioether (sulfide) groups is 1. The number of nitrogens with zero attached hydrogens (tertiary/aromatic N) is 1. The molecule has 2 aliphatic rings. The van der Waals surface area contributed by atoms with Gasteiger partial charge in [-0.2, -0.15) is 0 Å². The first-order valence-electron chi connectivity index (χ1n) is 10.2. The van der Waals surface area contributed by atoms with Crippen LogP contribution in [-0.2, 0) is 14.3 Å². The summed E-state index contributed by atoms with van der Waals surface area (Å²) in [4.78, 5) is 49.8. The van der Waals surface area contributed by atoms with E-state index in [2.05, 4.69) is 10.1 Å². The standard InChI is InChI=1S/C24H20N2O7S/c1-31-23(29)17-6-2-15(3-7-17)5-9-21(27)25-10-11-26-22(28)20(34-24(26)30)13-16-4-8-18-19(12-16)33-14-32-18/h2-9,12-13H,10-11,14H2,1H3,(H,25,27)/b9-5+,20-13-. The number of hydrogen-bond acceptors (Lipinski definition) is 8. The van der Waals surface area contributed by atoms with E-state index in [1.807, 2.05) is 0 Å². The molecule has 0 bridgehead atoms. The number of rotatable bonds is 7. The van der Waals surface area contributed by atoms with Gasteiger partial charge in [0.1, 0.15) is 0 Å². The van der Waals surface area contributed by atoms with Crippen LogP contribution in [0.3, 0.4) is 0 Å². The number of carbonyl (C=O) groups excluding carboxylic acids is 4. The van der Waals surface area contributed by atoms with E-state index in [9.17, 15) is 19.2 Å². The topological polar surface area (TPSA) is 111 Å². The Morgan fingerprint density at radius 1 is 1.09 bits per heavy atom. The van der Waals surface area contributed by atoms with Gasteiger partial charge >= 0.3 is 5.97 Å². The fourth-order valence-corrected chi connectivity index (χ4v) is 4.08. The average Bonchev–Trinajstić information content (AvgIpc) is 3.42. The molecule has 1 fully saturated rings. The zero-order valence-corrected chi connectivity index (χ0v) is 18.9. The van der Waals surface area contributed by atoms with E-state index in [1.54, 1.807) is 54.6 Å². The van der Waals surface area contributed by atoms with Crippen LogP contribution in [0.5, 0.6) is 11.5 Å². The Morgan fingerprint density at radius 2 is 1.82 bits per heavy atom. The summed E-state index contributed by atoms with van der Waals surface area (Å²) in [5.74, 6) is -0.00850. The molecule has 2 aromatic rings. The summed E-state index contributed by atoms with van der Waals surface area (Å²) in [5, 5.41) is 2.25. The lowest BCUT2D eigenvalue weighted by Gasteiger charge is -2.12. The Balaban J connectivity index is 1.28. The molecule has 1 N–H and O–H groups in total. The van der Waals surface area contributed by atoms with E-state index < -0.39 is 17.1 Å². The van der Waals surface area contributed by atoms with Gasteiger partial charge < -0.3 is 19.5 Å². The maximum atomic E-state index is 12.6. The minimum atomic E-state index is -0.439. The largest absolute Gasteiger partial charge is 0.465 e. The van der Waals surface area contributed by atoms with Gasteiger partial charge in [0.15, 0.2) is 11.5 Å². The average molecular weight is 480 g/mol. The maximum absolute atomic E-state index is 12.6. The molecule has 10 heteroatoms. The summed E-state index contributed by atoms with van der Waals surface area (Å²) in [7, 11) is 1.30. The molecule has 0 aromatic heterocycles. The molecule has 0 atom stereocenters. The highest BCUT2D eigenvalue weighted by Gasteiger charge is 2.34. The van der Waals surface area contributed by atoms with Gasteiger partial charge in [-0.05, 0) is 59.3 Å². The van der Waals surface area contributed by atoms with Crippen LogP contribution in [0.15, 0.2) is 53.4 Å². The first kappa shape index (κ1) is 23.1. The third-order valence-electron chi connectivity index (χ3n) is 4.96. The van der Waals surface area contributed by atoms with Gasteiger partial charge in [-0.3, -0.25) is 19.3 Å². The lowest BCUT2D eigenvalue weighted by atomic mass is 10.1. The highest BCUT2D eigenvalue weighted by atomic mass is 32.2. The molecule has 4 rings (SSSR count). The Kier molecular flexibility index (Phi) is 6.98. The van der Waals surface area contributed by atoms with Crippen LogP contribution < -0.4 is 14.8 Å². The predicted octanol–water partition coefficient (Wildman–Crippen LogP) is 3.07. The van der Waals surface area contributed by atoms with Gasteiger partial charge in [0.25, 0.3) is 11.1 Å². The van der Waals surface area contributed by atoms with E-state index in [4.69, 9.17) is 9.47 Å². The molecule has 0 spiro atoms. The second kappa shape index (κ2) is 10.3. The minimum Gasteiger partial charge on any atom is -0.465 e. The molecule has 3 amide bonds. The third kappa shape index (κ3) is 5.29. The van der Waals surface area contributed by atoms with Crippen LogP contribution in [0.4, 0.5) is 4.79 Å². The quantitative estimate of drug-likeness (QED) is 0.476. The number of hydrogen-bond donors (Lipinski definition) is 1. The van der Waals surface area contributed by atoms with Gasteiger partial charge in [-0.15, -0.1) is 0 Å². The van der Waals surface area contributed by atoms with Crippen molar-refractivity contribution in [3.8, 4) is 11.5 Å². The fraction of sp³-hybridized carbons (Fsp3) is 0.167. The predicted molar refractivity (Wildman–Crippen MR) is 125 cm³/mol. The summed E-state index contributed by atoms with van der Waals surface area (Å²) < 4.78 is 15.2. The number of methoxy groups -OCH3 is 1. The summed E-state index contributed by atoms with van der Waals surface area (Å²) in [5.41, 5.74) is 1.85. The van der Waals surface area contributed by atoms with E-state index in [-0.39, 0.29) is 25.8 Å². The molecule has 34 heavy (non-hydrogen) atoms. The van der Waals surface area contributed by atoms with Gasteiger partial charge in [0.05, 0.1) is 17.6 Å². The SMILES string of the molecule is COC(=O)c1ccc(/C=C/C(=O)NCCN2C(=O)S/C(=C\c3ccc4c(c3)OCO4)C2=O)cc1. The Morgan fingerprint density at radius 3 is 2.59 bits per heavy atom. The molecule has 2 heterocycles. The van der Waals surface area contributed by atoms with Crippen molar-refractivity contribution in [3.05, 3.63) is 70.1 Å². The molecule has 0 radical (unpaired) electrons. The molecule has 0 aliphatic carbocycles. The van der Waals surface area contributed by atoms with Crippen molar-refractivity contribution in [2.45, 2.75) is 0 Å². The molecule has 2 aliphatic heterocycles. The monoisotopic (exact) mass is 480 g/mol. The highest BCUT2D eigenvalue weighted by Crippen LogP contribution is 2.36. The van der Waals surface area contributed by atoms with Crippen molar-refractivity contribution in [2.24, 2.45) is 0 Å². The Labute approximate surface area is 199 Å². The summed E-state index contributed by atoms with van der Waals surface area (Å²) in [6.45, 7) is 0.314. The van der Waals surface area contributed by atoms with Crippen LogP contribution in [-0.4, -0.2) is 54.9 Å². The number of nitrogens with one attached hydrogen (secondary N) is 1. The molecular formula is C24H20N2O7S. The van der Waals surface area contributed by atoms with E-state index in [1.165, 1.54) is 13.2 Å². The Bertz CT molecular complexity index is 1200. The van der Waals surface area contributed by atoms with Crippen molar-refractivity contribution in [1.82, 2.24) is 10.2 Å². The van der Waals surface area contributed by atoms with Crippen molar-refractivity contribution in [1.29, 1.82) is 0 Å². The summed E-state index contributed by atoms with van der Waals surface area (Å²) in [6.07, 6.45) is 4.55. The van der Waals surface area contributed by atoms with E-state index in [0.717, 1.165) is 22.2 Å². The molecular weight excluding hydrogens is 460 g/mol. The zero-order chi connectivity index (χ0) is 24.1. The number of carbonyl (C=O) groups is 4. The van der Waals surface area contributed by atoms with Gasteiger partial charge in [0, 0.05) is 19.2 Å². The Hall–Kier alpha value is -4.05. The lowest BCUT2D eigenvalue weighted by Crippen LogP contribution is -2.36. The first-order chi connectivity index (χ1) is 16.4. The van der Waals surface area contributed by atoms with Crippen LogP contribution in [0, 0.1) is 0 Å². The van der Waals surface area contributed by atoms with Gasteiger partial charge in [-0.1, -0.05) is 18.2 Å². The summed E-state index contributed by atoms with van der Waals surface area (Å²) >= 11 is 0.848. The second-order valence-corrected chi connectivity index (χ2v) is 8.18. The molecule has 174 valence electrons. The first-order valence-corrected chi connectivity index (χ1v) is 11.1. The fourth-order valence-electron chi connectivity index (χ4n) is 3.22. The molecule has 0 saturated carbocycles. The molecule has 1 saturated heterocycles. The van der Waals surface area contributed by atoms with Crippen LogP contribution >= 0.6 is 11.8 Å². The van der Waals surface area contributed by atoms with Crippen molar-refractivity contribution < 1.29 is 33.4 Å².